The highest BCUT2D eigenvalue weighted by molar-refractivity contribution is 5.48. The van der Waals surface area contributed by atoms with Crippen molar-refractivity contribution in [3.8, 4) is 5.75 Å². The van der Waals surface area contributed by atoms with E-state index >= 15 is 0 Å². The summed E-state index contributed by atoms with van der Waals surface area (Å²) in [5.41, 5.74) is 3.65. The number of hydrogen-bond acceptors (Lipinski definition) is 2. The first-order valence-corrected chi connectivity index (χ1v) is 9.02. The smallest absolute Gasteiger partial charge is 0.406 e. The Morgan fingerprint density at radius 1 is 0.923 bits per heavy atom. The number of nitrogens with zero attached hydrogens (tertiary/aromatic N) is 1. The minimum atomic E-state index is -4.64. The molecule has 5 heteroatoms. The van der Waals surface area contributed by atoms with Crippen molar-refractivity contribution in [3.05, 3.63) is 59.7 Å². The van der Waals surface area contributed by atoms with Gasteiger partial charge in [-0.05, 0) is 60.1 Å². The van der Waals surface area contributed by atoms with E-state index in [1.54, 1.807) is 12.1 Å². The Hall–Kier alpha value is -2.17. The summed E-state index contributed by atoms with van der Waals surface area (Å²) in [7, 11) is 0. The first kappa shape index (κ1) is 18.6. The number of halogens is 3. The van der Waals surface area contributed by atoms with Crippen LogP contribution in [-0.2, 0) is 0 Å². The highest BCUT2D eigenvalue weighted by Gasteiger charge is 2.31. The van der Waals surface area contributed by atoms with Gasteiger partial charge in [-0.1, -0.05) is 38.1 Å². The molecule has 1 saturated heterocycles. The molecule has 1 fully saturated rings. The van der Waals surface area contributed by atoms with Crippen LogP contribution in [0.5, 0.6) is 5.75 Å². The Labute approximate surface area is 152 Å². The van der Waals surface area contributed by atoms with Crippen LogP contribution in [-0.4, -0.2) is 19.5 Å². The maximum Gasteiger partial charge on any atom is 0.573 e. The summed E-state index contributed by atoms with van der Waals surface area (Å²) in [5, 5.41) is 0. The first-order valence-electron chi connectivity index (χ1n) is 9.02. The number of benzene rings is 2. The Bertz CT molecular complexity index is 700. The lowest BCUT2D eigenvalue weighted by Gasteiger charge is -2.34. The van der Waals surface area contributed by atoms with Crippen molar-refractivity contribution >= 4 is 5.69 Å². The third-order valence-corrected chi connectivity index (χ3v) is 5.00. The molecule has 140 valence electrons. The van der Waals surface area contributed by atoms with Crippen LogP contribution in [0.3, 0.4) is 0 Å². The minimum Gasteiger partial charge on any atom is -0.406 e. The van der Waals surface area contributed by atoms with Gasteiger partial charge in [-0.3, -0.25) is 0 Å². The lowest BCUT2D eigenvalue weighted by Crippen LogP contribution is -2.32. The molecule has 1 aliphatic heterocycles. The third-order valence-electron chi connectivity index (χ3n) is 5.00. The first-order chi connectivity index (χ1) is 12.3. The van der Waals surface area contributed by atoms with Gasteiger partial charge in [-0.2, -0.15) is 0 Å². The average Bonchev–Trinajstić information content (AvgIpc) is 2.61. The Kier molecular flexibility index (Phi) is 5.44. The number of anilines is 1. The van der Waals surface area contributed by atoms with Crippen molar-refractivity contribution in [1.82, 2.24) is 0 Å². The molecular weight excluding hydrogens is 339 g/mol. The topological polar surface area (TPSA) is 12.5 Å². The SMILES string of the molecule is CC(C)c1ccc(N2CCC(c3ccc(OC(F)(F)F)cc3)CC2)cc1. The quantitative estimate of drug-likeness (QED) is 0.651. The van der Waals surface area contributed by atoms with E-state index < -0.39 is 6.36 Å². The number of rotatable bonds is 4. The molecule has 1 aliphatic rings. The largest absolute Gasteiger partial charge is 0.573 e. The van der Waals surface area contributed by atoms with Gasteiger partial charge in [0.05, 0.1) is 0 Å². The molecule has 0 saturated carbocycles. The Morgan fingerprint density at radius 2 is 1.50 bits per heavy atom. The van der Waals surface area contributed by atoms with Crippen LogP contribution >= 0.6 is 0 Å². The molecule has 0 bridgehead atoms. The van der Waals surface area contributed by atoms with E-state index in [9.17, 15) is 13.2 Å². The summed E-state index contributed by atoms with van der Waals surface area (Å²) in [6, 6.07) is 15.0. The Balaban J connectivity index is 1.58. The van der Waals surface area contributed by atoms with E-state index in [1.807, 2.05) is 0 Å². The van der Waals surface area contributed by atoms with Crippen LogP contribution in [0.2, 0.25) is 0 Å². The summed E-state index contributed by atoms with van der Waals surface area (Å²) in [5.74, 6) is 0.740. The molecule has 3 rings (SSSR count). The average molecular weight is 363 g/mol. The monoisotopic (exact) mass is 363 g/mol. The van der Waals surface area contributed by atoms with E-state index in [1.165, 1.54) is 23.4 Å². The lowest BCUT2D eigenvalue weighted by atomic mass is 9.89. The number of hydrogen-bond donors (Lipinski definition) is 0. The molecule has 1 heterocycles. The van der Waals surface area contributed by atoms with Gasteiger partial charge < -0.3 is 9.64 Å². The number of alkyl halides is 3. The number of piperidine rings is 1. The van der Waals surface area contributed by atoms with E-state index in [0.717, 1.165) is 31.5 Å². The fraction of sp³-hybridized carbons (Fsp3) is 0.429. The minimum absolute atomic E-state index is 0.163. The van der Waals surface area contributed by atoms with Gasteiger partial charge in [-0.25, -0.2) is 0 Å². The van der Waals surface area contributed by atoms with Gasteiger partial charge in [0.1, 0.15) is 5.75 Å². The second-order valence-electron chi connectivity index (χ2n) is 7.12. The zero-order valence-electron chi connectivity index (χ0n) is 15.1. The molecule has 26 heavy (non-hydrogen) atoms. The summed E-state index contributed by atoms with van der Waals surface area (Å²) in [4.78, 5) is 2.38. The molecule has 2 aromatic rings. The summed E-state index contributed by atoms with van der Waals surface area (Å²) < 4.78 is 40.7. The predicted molar refractivity (Wildman–Crippen MR) is 97.8 cm³/mol. The molecule has 0 amide bonds. The number of ether oxygens (including phenoxy) is 1. The summed E-state index contributed by atoms with van der Waals surface area (Å²) in [6.07, 6.45) is -2.66. The predicted octanol–water partition coefficient (Wildman–Crippen LogP) is 6.09. The molecule has 0 unspecified atom stereocenters. The van der Waals surface area contributed by atoms with Crippen LogP contribution in [0, 0.1) is 0 Å². The third kappa shape index (κ3) is 4.71. The van der Waals surface area contributed by atoms with E-state index in [4.69, 9.17) is 0 Å². The van der Waals surface area contributed by atoms with Crippen LogP contribution < -0.4 is 9.64 Å². The van der Waals surface area contributed by atoms with E-state index in [-0.39, 0.29) is 5.75 Å². The molecule has 0 atom stereocenters. The van der Waals surface area contributed by atoms with Crippen molar-refractivity contribution in [1.29, 1.82) is 0 Å². The zero-order valence-corrected chi connectivity index (χ0v) is 15.1. The van der Waals surface area contributed by atoms with E-state index in [2.05, 4.69) is 47.7 Å². The summed E-state index contributed by atoms with van der Waals surface area (Å²) in [6.45, 7) is 6.27. The van der Waals surface area contributed by atoms with Gasteiger partial charge in [0.2, 0.25) is 0 Å². The second kappa shape index (κ2) is 7.60. The van der Waals surface area contributed by atoms with Gasteiger partial charge in [0.25, 0.3) is 0 Å². The van der Waals surface area contributed by atoms with Gasteiger partial charge in [-0.15, -0.1) is 13.2 Å². The van der Waals surface area contributed by atoms with Crippen LogP contribution in [0.4, 0.5) is 18.9 Å². The lowest BCUT2D eigenvalue weighted by molar-refractivity contribution is -0.274. The molecule has 0 spiro atoms. The maximum atomic E-state index is 12.2. The van der Waals surface area contributed by atoms with Gasteiger partial charge in [0.15, 0.2) is 0 Å². The molecule has 2 aromatic carbocycles. The van der Waals surface area contributed by atoms with Crippen LogP contribution in [0.1, 0.15) is 49.7 Å². The molecule has 0 N–H and O–H groups in total. The molecular formula is C21H24F3NO. The maximum absolute atomic E-state index is 12.2. The van der Waals surface area contributed by atoms with E-state index in [0.29, 0.717) is 11.8 Å². The van der Waals surface area contributed by atoms with Crippen molar-refractivity contribution in [3.63, 3.8) is 0 Å². The molecule has 0 aromatic heterocycles. The molecule has 2 nitrogen and oxygen atoms in total. The standard InChI is InChI=1S/C21H24F3NO/c1-15(2)16-3-7-19(8-4-16)25-13-11-18(12-14-25)17-5-9-20(10-6-17)26-21(22,23)24/h3-10,15,18H,11-14H2,1-2H3. The van der Waals surface area contributed by atoms with Crippen molar-refractivity contribution < 1.29 is 17.9 Å². The highest BCUT2D eigenvalue weighted by Crippen LogP contribution is 2.32. The summed E-state index contributed by atoms with van der Waals surface area (Å²) >= 11 is 0. The molecule has 0 radical (unpaired) electrons. The van der Waals surface area contributed by atoms with Gasteiger partial charge in [0, 0.05) is 18.8 Å². The zero-order chi connectivity index (χ0) is 18.7. The Morgan fingerprint density at radius 3 is 2.00 bits per heavy atom. The van der Waals surface area contributed by atoms with Crippen molar-refractivity contribution in [2.24, 2.45) is 0 Å². The van der Waals surface area contributed by atoms with Crippen LogP contribution in [0.25, 0.3) is 0 Å². The normalized spacial score (nSPS) is 16.2. The van der Waals surface area contributed by atoms with Crippen molar-refractivity contribution in [2.45, 2.75) is 44.9 Å². The van der Waals surface area contributed by atoms with Crippen molar-refractivity contribution in [2.75, 3.05) is 18.0 Å². The van der Waals surface area contributed by atoms with Crippen LogP contribution in [0.15, 0.2) is 48.5 Å². The second-order valence-corrected chi connectivity index (χ2v) is 7.12. The molecule has 0 aliphatic carbocycles. The fourth-order valence-electron chi connectivity index (χ4n) is 3.48. The fourth-order valence-corrected chi connectivity index (χ4v) is 3.48. The van der Waals surface area contributed by atoms with Gasteiger partial charge >= 0.3 is 6.36 Å². The highest BCUT2D eigenvalue weighted by atomic mass is 19.4.